The molecule has 0 aliphatic carbocycles. The second kappa shape index (κ2) is 7.86. The molecule has 2 amide bonds. The van der Waals surface area contributed by atoms with E-state index >= 15 is 0 Å². The van der Waals surface area contributed by atoms with Gasteiger partial charge in [-0.15, -0.1) is 0 Å². The summed E-state index contributed by atoms with van der Waals surface area (Å²) in [6.45, 7) is 0.483. The molecule has 136 valence electrons. The third-order valence-corrected chi connectivity index (χ3v) is 4.40. The van der Waals surface area contributed by atoms with Crippen LogP contribution in [0.25, 0.3) is 0 Å². The van der Waals surface area contributed by atoms with Crippen LogP contribution in [-0.4, -0.2) is 42.4 Å². The molecule has 3 rings (SSSR count). The molecule has 1 unspecified atom stereocenters. The molecule has 1 aromatic heterocycles. The molecule has 2 heterocycles. The van der Waals surface area contributed by atoms with Crippen LogP contribution < -0.4 is 5.32 Å². The summed E-state index contributed by atoms with van der Waals surface area (Å²) in [5.41, 5.74) is 2.04. The summed E-state index contributed by atoms with van der Waals surface area (Å²) in [4.78, 5) is 38.2. The normalized spacial score (nSPS) is 15.9. The lowest BCUT2D eigenvalue weighted by Crippen LogP contribution is -2.52. The molecule has 0 fully saturated rings. The Labute approximate surface area is 150 Å². The van der Waals surface area contributed by atoms with E-state index in [4.69, 9.17) is 4.42 Å². The van der Waals surface area contributed by atoms with Gasteiger partial charge in [0.2, 0.25) is 5.91 Å². The molecule has 1 aromatic carbocycles. The number of fused-ring (bicyclic) bond motifs is 1. The van der Waals surface area contributed by atoms with Gasteiger partial charge in [0.15, 0.2) is 5.76 Å². The minimum atomic E-state index is -0.667. The lowest BCUT2D eigenvalue weighted by molar-refractivity contribution is -0.140. The molecule has 0 bridgehead atoms. The Morgan fingerprint density at radius 2 is 1.96 bits per heavy atom. The molecule has 0 saturated carbocycles. The second-order valence-electron chi connectivity index (χ2n) is 6.02. The van der Waals surface area contributed by atoms with E-state index in [1.807, 2.05) is 24.3 Å². The molecule has 0 radical (unpaired) electrons. The van der Waals surface area contributed by atoms with Gasteiger partial charge in [0, 0.05) is 19.5 Å². The minimum absolute atomic E-state index is 0.0810. The maximum atomic E-state index is 12.8. The minimum Gasteiger partial charge on any atom is -0.469 e. The first-order chi connectivity index (χ1) is 12.6. The van der Waals surface area contributed by atoms with Crippen molar-refractivity contribution in [3.63, 3.8) is 0 Å². The largest absolute Gasteiger partial charge is 0.469 e. The zero-order valence-electron chi connectivity index (χ0n) is 14.4. The van der Waals surface area contributed by atoms with Crippen molar-refractivity contribution in [2.24, 2.45) is 0 Å². The molecule has 26 heavy (non-hydrogen) atoms. The third kappa shape index (κ3) is 3.77. The Morgan fingerprint density at radius 1 is 1.19 bits per heavy atom. The van der Waals surface area contributed by atoms with Crippen LogP contribution in [0, 0.1) is 0 Å². The van der Waals surface area contributed by atoms with Crippen LogP contribution in [0.2, 0.25) is 0 Å². The van der Waals surface area contributed by atoms with Crippen molar-refractivity contribution >= 4 is 17.8 Å². The van der Waals surface area contributed by atoms with Gasteiger partial charge in [-0.3, -0.25) is 14.4 Å². The first-order valence-corrected chi connectivity index (χ1v) is 8.36. The average molecular weight is 356 g/mol. The van der Waals surface area contributed by atoms with Crippen LogP contribution >= 0.6 is 0 Å². The number of nitrogens with zero attached hydrogens (tertiary/aromatic N) is 1. The van der Waals surface area contributed by atoms with E-state index in [0.29, 0.717) is 13.0 Å². The van der Waals surface area contributed by atoms with E-state index in [1.54, 1.807) is 12.1 Å². The topological polar surface area (TPSA) is 88.9 Å². The number of esters is 1. The Hall–Kier alpha value is -3.09. The van der Waals surface area contributed by atoms with Crippen molar-refractivity contribution in [3.05, 3.63) is 59.5 Å². The smallest absolute Gasteiger partial charge is 0.307 e. The quantitative estimate of drug-likeness (QED) is 0.821. The highest BCUT2D eigenvalue weighted by atomic mass is 16.5. The van der Waals surface area contributed by atoms with E-state index < -0.39 is 12.0 Å². The number of furan rings is 1. The van der Waals surface area contributed by atoms with Gasteiger partial charge in [-0.1, -0.05) is 24.3 Å². The number of methoxy groups -OCH3 is 1. The fraction of sp³-hybridized carbons (Fsp3) is 0.316. The van der Waals surface area contributed by atoms with Crippen LogP contribution in [0.4, 0.5) is 0 Å². The van der Waals surface area contributed by atoms with Crippen LogP contribution in [-0.2, 0) is 27.3 Å². The first kappa shape index (κ1) is 17.7. The summed E-state index contributed by atoms with van der Waals surface area (Å²) in [7, 11) is 1.30. The van der Waals surface area contributed by atoms with Crippen LogP contribution in [0.3, 0.4) is 0 Å². The fourth-order valence-corrected chi connectivity index (χ4v) is 3.02. The van der Waals surface area contributed by atoms with Crippen molar-refractivity contribution in [2.45, 2.75) is 25.4 Å². The van der Waals surface area contributed by atoms with E-state index in [0.717, 1.165) is 11.1 Å². The molecule has 1 N–H and O–H groups in total. The Balaban J connectivity index is 1.78. The van der Waals surface area contributed by atoms with E-state index in [-0.39, 0.29) is 30.5 Å². The SMILES string of the molecule is COC(=O)CCNC(=O)C1Cc2ccccc2CN1C(=O)c1ccco1. The van der Waals surface area contributed by atoms with Gasteiger partial charge >= 0.3 is 5.97 Å². The average Bonchev–Trinajstić information content (AvgIpc) is 3.20. The Kier molecular flexibility index (Phi) is 5.36. The van der Waals surface area contributed by atoms with Gasteiger partial charge in [0.05, 0.1) is 19.8 Å². The number of amides is 2. The van der Waals surface area contributed by atoms with Crippen molar-refractivity contribution < 1.29 is 23.5 Å². The Bertz CT molecular complexity index is 800. The summed E-state index contributed by atoms with van der Waals surface area (Å²) in [6.07, 6.45) is 1.92. The predicted molar refractivity (Wildman–Crippen MR) is 92.2 cm³/mol. The number of rotatable bonds is 5. The number of ether oxygens (including phenoxy) is 1. The van der Waals surface area contributed by atoms with Gasteiger partial charge in [-0.25, -0.2) is 0 Å². The van der Waals surface area contributed by atoms with Gasteiger partial charge < -0.3 is 19.4 Å². The molecule has 7 nitrogen and oxygen atoms in total. The Morgan fingerprint density at radius 3 is 2.65 bits per heavy atom. The third-order valence-electron chi connectivity index (χ3n) is 4.40. The van der Waals surface area contributed by atoms with Gasteiger partial charge in [-0.05, 0) is 23.3 Å². The molecule has 1 aliphatic heterocycles. The monoisotopic (exact) mass is 356 g/mol. The fourth-order valence-electron chi connectivity index (χ4n) is 3.02. The van der Waals surface area contributed by atoms with E-state index in [9.17, 15) is 14.4 Å². The van der Waals surface area contributed by atoms with Gasteiger partial charge in [0.1, 0.15) is 6.04 Å². The molecular weight excluding hydrogens is 336 g/mol. The van der Waals surface area contributed by atoms with Crippen LogP contribution in [0.1, 0.15) is 28.1 Å². The van der Waals surface area contributed by atoms with E-state index in [2.05, 4.69) is 10.1 Å². The van der Waals surface area contributed by atoms with Gasteiger partial charge in [0.25, 0.3) is 5.91 Å². The predicted octanol–water partition coefficient (Wildman–Crippen LogP) is 1.53. The summed E-state index contributed by atoms with van der Waals surface area (Å²) < 4.78 is 9.77. The van der Waals surface area contributed by atoms with Crippen molar-refractivity contribution in [1.29, 1.82) is 0 Å². The van der Waals surface area contributed by atoms with E-state index in [1.165, 1.54) is 18.3 Å². The molecule has 7 heteroatoms. The lowest BCUT2D eigenvalue weighted by atomic mass is 9.93. The van der Waals surface area contributed by atoms with Crippen molar-refractivity contribution in [1.82, 2.24) is 10.2 Å². The number of nitrogens with one attached hydrogen (secondary N) is 1. The maximum Gasteiger partial charge on any atom is 0.307 e. The molecular formula is C19H20N2O5. The number of hydrogen-bond donors (Lipinski definition) is 1. The maximum absolute atomic E-state index is 12.8. The van der Waals surface area contributed by atoms with Crippen LogP contribution in [0.15, 0.2) is 47.1 Å². The van der Waals surface area contributed by atoms with Crippen LogP contribution in [0.5, 0.6) is 0 Å². The highest BCUT2D eigenvalue weighted by molar-refractivity contribution is 5.96. The highest BCUT2D eigenvalue weighted by Crippen LogP contribution is 2.25. The summed E-state index contributed by atoms with van der Waals surface area (Å²) in [5.74, 6) is -0.847. The number of benzene rings is 1. The molecule has 1 atom stereocenters. The molecule has 2 aromatic rings. The number of carbonyl (C=O) groups excluding carboxylic acids is 3. The molecule has 1 aliphatic rings. The zero-order chi connectivity index (χ0) is 18.5. The first-order valence-electron chi connectivity index (χ1n) is 8.36. The zero-order valence-corrected chi connectivity index (χ0v) is 14.4. The molecule has 0 saturated heterocycles. The summed E-state index contributed by atoms with van der Waals surface area (Å²) >= 11 is 0. The number of hydrogen-bond acceptors (Lipinski definition) is 5. The second-order valence-corrected chi connectivity index (χ2v) is 6.02. The van der Waals surface area contributed by atoms with Crippen molar-refractivity contribution in [3.8, 4) is 0 Å². The summed E-state index contributed by atoms with van der Waals surface area (Å²) in [6, 6.07) is 10.3. The highest BCUT2D eigenvalue weighted by Gasteiger charge is 2.35. The summed E-state index contributed by atoms with van der Waals surface area (Å²) in [5, 5.41) is 2.71. The number of carbonyl (C=O) groups is 3. The van der Waals surface area contributed by atoms with Crippen molar-refractivity contribution in [2.75, 3.05) is 13.7 Å². The molecule has 0 spiro atoms. The van der Waals surface area contributed by atoms with Gasteiger partial charge in [-0.2, -0.15) is 0 Å². The standard InChI is InChI=1S/C19H20N2O5/c1-25-17(22)8-9-20-18(23)15-11-13-5-2-3-6-14(13)12-21(15)19(24)16-7-4-10-26-16/h2-7,10,15H,8-9,11-12H2,1H3,(H,20,23). The lowest BCUT2D eigenvalue weighted by Gasteiger charge is -2.35.